The Hall–Kier alpha value is -5.73. The van der Waals surface area contributed by atoms with Gasteiger partial charge < -0.3 is 10.4 Å². The largest absolute Gasteiger partial charge is 0.478 e. The Morgan fingerprint density at radius 1 is 0.632 bits per heavy atom. The van der Waals surface area contributed by atoms with Crippen molar-refractivity contribution in [2.45, 2.75) is 83.5 Å². The van der Waals surface area contributed by atoms with Crippen LogP contribution in [0.2, 0.25) is 0 Å². The zero-order chi connectivity index (χ0) is 39.8. The first kappa shape index (κ1) is 39.5. The molecule has 1 aliphatic carbocycles. The van der Waals surface area contributed by atoms with Crippen LogP contribution in [0.4, 0.5) is 11.4 Å². The van der Waals surface area contributed by atoms with E-state index in [1.807, 2.05) is 18.2 Å². The quantitative estimate of drug-likeness (QED) is 0.0709. The van der Waals surface area contributed by atoms with E-state index in [0.717, 1.165) is 34.0 Å². The normalized spacial score (nSPS) is 12.3. The summed E-state index contributed by atoms with van der Waals surface area (Å²) in [6, 6.07) is 42.1. The van der Waals surface area contributed by atoms with E-state index < -0.39 is 5.97 Å². The van der Waals surface area contributed by atoms with Gasteiger partial charge in [-0.25, -0.2) is 4.79 Å². The van der Waals surface area contributed by atoms with Gasteiger partial charge in [0.05, 0.1) is 5.56 Å². The fourth-order valence-electron chi connectivity index (χ4n) is 8.23. The molecule has 0 unspecified atom stereocenters. The number of rotatable bonds is 17. The summed E-state index contributed by atoms with van der Waals surface area (Å²) < 4.78 is 0. The molecule has 57 heavy (non-hydrogen) atoms. The van der Waals surface area contributed by atoms with E-state index in [1.54, 1.807) is 53.0 Å². The maximum Gasteiger partial charge on any atom is 0.335 e. The fourth-order valence-corrected chi connectivity index (χ4v) is 10.3. The molecule has 7 rings (SSSR count). The summed E-state index contributed by atoms with van der Waals surface area (Å²) in [4.78, 5) is 15.8. The maximum absolute atomic E-state index is 11.3. The van der Waals surface area contributed by atoms with Crippen molar-refractivity contribution >= 4 is 46.1 Å². The minimum atomic E-state index is -0.930. The van der Waals surface area contributed by atoms with Crippen LogP contribution in [0.1, 0.15) is 104 Å². The molecule has 286 valence electrons. The highest BCUT2D eigenvalue weighted by Crippen LogP contribution is 2.56. The first-order valence-electron chi connectivity index (χ1n) is 20.1. The van der Waals surface area contributed by atoms with E-state index >= 15 is 0 Å². The van der Waals surface area contributed by atoms with E-state index in [-0.39, 0.29) is 16.6 Å². The van der Waals surface area contributed by atoms with Crippen molar-refractivity contribution in [1.82, 2.24) is 0 Å². The third kappa shape index (κ3) is 8.66. The molecule has 2 heterocycles. The molecule has 0 amide bonds. The van der Waals surface area contributed by atoms with Crippen molar-refractivity contribution < 1.29 is 9.90 Å². The van der Waals surface area contributed by atoms with Crippen molar-refractivity contribution in [3.8, 4) is 54.6 Å². The third-order valence-electron chi connectivity index (χ3n) is 11.2. The number of nitrogens with one attached hydrogen (secondary N) is 1. The van der Waals surface area contributed by atoms with Crippen LogP contribution in [0, 0.1) is 22.7 Å². The first-order chi connectivity index (χ1) is 27.8. The van der Waals surface area contributed by atoms with Crippen molar-refractivity contribution in [3.05, 3.63) is 136 Å². The van der Waals surface area contributed by atoms with E-state index in [4.69, 9.17) is 0 Å². The highest BCUT2D eigenvalue weighted by molar-refractivity contribution is 7.24. The SMILES string of the molecule is CCCCCCC1(CCCCCC)c2cc(-c3ccc(Nc4ccc(C(=O)O)cc4)cc3)ccc2-c2ccc(-c3ccc(-c4ccc(C=C(C#N)C#N)s4)s3)cc21. The van der Waals surface area contributed by atoms with Crippen LogP contribution in [-0.4, -0.2) is 11.1 Å². The van der Waals surface area contributed by atoms with Crippen LogP contribution in [-0.2, 0) is 5.41 Å². The standard InChI is InChI=1S/C50H47N3O2S2/c1-3-5-7-9-27-50(28-10-8-6-4-2)44-30-37(35-11-17-39(18-12-35)53-40-19-13-36(14-20-40)49(54)55)15-22-42(44)43-23-16-38(31-45(43)50)46-25-26-48(57-46)47-24-21-41(56-47)29-34(32-51)33-52/h11-26,29-31,53H,3-10,27-28H2,1-2H3,(H,54,55). The molecule has 2 N–H and O–H groups in total. The Bertz CT molecular complexity index is 2450. The fraction of sp³-hybridized carbons (Fsp3) is 0.260. The summed E-state index contributed by atoms with van der Waals surface area (Å²) in [7, 11) is 0. The molecule has 0 radical (unpaired) electrons. The molecule has 0 spiro atoms. The van der Waals surface area contributed by atoms with E-state index in [0.29, 0.717) is 0 Å². The molecule has 0 saturated heterocycles. The molecule has 7 heteroatoms. The lowest BCUT2D eigenvalue weighted by molar-refractivity contribution is 0.0697. The second-order valence-corrected chi connectivity index (χ2v) is 17.2. The summed E-state index contributed by atoms with van der Waals surface area (Å²) in [5, 5.41) is 31.1. The highest BCUT2D eigenvalue weighted by Gasteiger charge is 2.42. The van der Waals surface area contributed by atoms with Crippen molar-refractivity contribution in [2.24, 2.45) is 0 Å². The molecule has 5 nitrogen and oxygen atoms in total. The monoisotopic (exact) mass is 785 g/mol. The molecule has 0 bridgehead atoms. The van der Waals surface area contributed by atoms with Gasteiger partial charge in [-0.1, -0.05) is 102 Å². The number of benzene rings is 4. The average molecular weight is 786 g/mol. The average Bonchev–Trinajstić information content (AvgIpc) is 3.98. The molecule has 0 atom stereocenters. The summed E-state index contributed by atoms with van der Waals surface area (Å²) in [6.07, 6.45) is 13.7. The lowest BCUT2D eigenvalue weighted by atomic mass is 9.70. The lowest BCUT2D eigenvalue weighted by Gasteiger charge is -2.33. The number of hydrogen-bond donors (Lipinski definition) is 2. The maximum atomic E-state index is 11.3. The van der Waals surface area contributed by atoms with Crippen LogP contribution < -0.4 is 5.32 Å². The van der Waals surface area contributed by atoms with Crippen LogP contribution in [0.15, 0.2) is 115 Å². The zero-order valence-corrected chi connectivity index (χ0v) is 34.2. The minimum absolute atomic E-state index is 0.0734. The van der Waals surface area contributed by atoms with Crippen molar-refractivity contribution in [3.63, 3.8) is 0 Å². The number of nitrogens with zero attached hydrogens (tertiary/aromatic N) is 2. The van der Waals surface area contributed by atoms with Crippen LogP contribution in [0.3, 0.4) is 0 Å². The number of carboxylic acids is 1. The Morgan fingerprint density at radius 2 is 1.16 bits per heavy atom. The van der Waals surface area contributed by atoms with Crippen LogP contribution >= 0.6 is 22.7 Å². The Morgan fingerprint density at radius 3 is 1.75 bits per heavy atom. The van der Waals surface area contributed by atoms with Gasteiger partial charge in [0, 0.05) is 36.3 Å². The van der Waals surface area contributed by atoms with Crippen molar-refractivity contribution in [2.75, 3.05) is 5.32 Å². The molecular weight excluding hydrogens is 739 g/mol. The summed E-state index contributed by atoms with van der Waals surface area (Å²) in [5.41, 5.74) is 11.4. The number of carbonyl (C=O) groups is 1. The van der Waals surface area contributed by atoms with Gasteiger partial charge in [0.15, 0.2) is 0 Å². The molecule has 4 aromatic carbocycles. The number of fused-ring (bicyclic) bond motifs is 3. The number of thiophene rings is 2. The molecule has 2 aromatic heterocycles. The molecule has 0 fully saturated rings. The minimum Gasteiger partial charge on any atom is -0.478 e. The number of unbranched alkanes of at least 4 members (excludes halogenated alkanes) is 6. The predicted molar refractivity (Wildman–Crippen MR) is 238 cm³/mol. The molecule has 1 aliphatic rings. The van der Waals surface area contributed by atoms with Crippen LogP contribution in [0.5, 0.6) is 0 Å². The highest BCUT2D eigenvalue weighted by atomic mass is 32.1. The number of allylic oxidation sites excluding steroid dienone is 1. The summed E-state index contributed by atoms with van der Waals surface area (Å²) in [6.45, 7) is 4.57. The van der Waals surface area contributed by atoms with Crippen LogP contribution in [0.25, 0.3) is 48.5 Å². The number of nitriles is 2. The number of aromatic carboxylic acids is 1. The second kappa shape index (κ2) is 18.0. The Balaban J connectivity index is 1.23. The topological polar surface area (TPSA) is 96.9 Å². The predicted octanol–water partition coefficient (Wildman–Crippen LogP) is 14.9. The lowest BCUT2D eigenvalue weighted by Crippen LogP contribution is -2.25. The van der Waals surface area contributed by atoms with Gasteiger partial charge in [0.25, 0.3) is 0 Å². The smallest absolute Gasteiger partial charge is 0.335 e. The number of hydrogen-bond acceptors (Lipinski definition) is 6. The third-order valence-corrected chi connectivity index (χ3v) is 13.6. The van der Waals surface area contributed by atoms with Gasteiger partial charge in [-0.15, -0.1) is 22.7 Å². The first-order valence-corrected chi connectivity index (χ1v) is 21.7. The number of carboxylic acid groups (broad SMARTS) is 1. The van der Waals surface area contributed by atoms with E-state index in [2.05, 4.69) is 98.0 Å². The van der Waals surface area contributed by atoms with E-state index in [9.17, 15) is 20.4 Å². The van der Waals surface area contributed by atoms with Crippen molar-refractivity contribution in [1.29, 1.82) is 10.5 Å². The van der Waals surface area contributed by atoms with Gasteiger partial charge in [-0.05, 0) is 131 Å². The molecule has 6 aromatic rings. The summed E-state index contributed by atoms with van der Waals surface area (Å²) in [5.74, 6) is -0.930. The van der Waals surface area contributed by atoms with Gasteiger partial charge in [0.2, 0.25) is 0 Å². The molecule has 0 saturated carbocycles. The van der Waals surface area contributed by atoms with Gasteiger partial charge in [-0.3, -0.25) is 0 Å². The van der Waals surface area contributed by atoms with Gasteiger partial charge >= 0.3 is 5.97 Å². The molecular formula is C50H47N3O2S2. The second-order valence-electron chi connectivity index (χ2n) is 15.0. The van der Waals surface area contributed by atoms with Gasteiger partial charge in [0.1, 0.15) is 17.7 Å². The van der Waals surface area contributed by atoms with Gasteiger partial charge in [-0.2, -0.15) is 10.5 Å². The Kier molecular flexibility index (Phi) is 12.5. The Labute approximate surface area is 344 Å². The number of anilines is 2. The zero-order valence-electron chi connectivity index (χ0n) is 32.6. The molecule has 0 aliphatic heterocycles. The van der Waals surface area contributed by atoms with E-state index in [1.165, 1.54) is 100 Å². The summed E-state index contributed by atoms with van der Waals surface area (Å²) >= 11 is 3.40.